The molecule has 1 unspecified atom stereocenters. The van der Waals surface area contributed by atoms with Crippen LogP contribution in [0.4, 0.5) is 10.1 Å². The van der Waals surface area contributed by atoms with Gasteiger partial charge in [-0.05, 0) is 26.0 Å². The van der Waals surface area contributed by atoms with Crippen LogP contribution in [-0.2, 0) is 4.74 Å². The lowest BCUT2D eigenvalue weighted by Gasteiger charge is -2.14. The number of rotatable bonds is 6. The summed E-state index contributed by atoms with van der Waals surface area (Å²) in [7, 11) is 0. The summed E-state index contributed by atoms with van der Waals surface area (Å²) in [5.74, 6) is -0.246. The van der Waals surface area contributed by atoms with E-state index < -0.39 is 6.10 Å². The molecule has 0 fully saturated rings. The molecule has 0 spiro atoms. The fraction of sp³-hybridized carbons (Fsp3) is 0.500. The van der Waals surface area contributed by atoms with Gasteiger partial charge in [0.05, 0.1) is 12.7 Å². The third-order valence-electron chi connectivity index (χ3n) is 2.31. The monoisotopic (exact) mass is 227 g/mol. The molecule has 0 aliphatic carbocycles. The molecule has 2 N–H and O–H groups in total. The number of anilines is 1. The van der Waals surface area contributed by atoms with Crippen molar-refractivity contribution in [1.29, 1.82) is 0 Å². The Bertz CT molecular complexity index is 331. The minimum Gasteiger partial charge on any atom is -0.389 e. The molecule has 1 aromatic rings. The summed E-state index contributed by atoms with van der Waals surface area (Å²) < 4.78 is 18.3. The van der Waals surface area contributed by atoms with Gasteiger partial charge in [0.25, 0.3) is 0 Å². The Morgan fingerprint density at radius 2 is 2.25 bits per heavy atom. The molecular formula is C12H18FNO2. The fourth-order valence-electron chi connectivity index (χ4n) is 1.34. The lowest BCUT2D eigenvalue weighted by molar-refractivity contribution is 0.0496. The van der Waals surface area contributed by atoms with E-state index in [0.717, 1.165) is 0 Å². The summed E-state index contributed by atoms with van der Waals surface area (Å²) in [4.78, 5) is 0. The van der Waals surface area contributed by atoms with E-state index in [1.165, 1.54) is 6.07 Å². The van der Waals surface area contributed by atoms with Gasteiger partial charge in [0.2, 0.25) is 0 Å². The number of benzene rings is 1. The maximum Gasteiger partial charge on any atom is 0.128 e. The van der Waals surface area contributed by atoms with Gasteiger partial charge in [-0.25, -0.2) is 4.39 Å². The normalized spacial score (nSPS) is 12.5. The van der Waals surface area contributed by atoms with E-state index in [9.17, 15) is 9.50 Å². The number of nitrogens with one attached hydrogen (secondary N) is 1. The maximum absolute atomic E-state index is 13.2. The molecule has 0 bridgehead atoms. The molecule has 1 aromatic carbocycles. The first-order valence-corrected chi connectivity index (χ1v) is 5.40. The van der Waals surface area contributed by atoms with Crippen molar-refractivity contribution in [2.24, 2.45) is 0 Å². The summed E-state index contributed by atoms with van der Waals surface area (Å²) in [5, 5.41) is 12.5. The summed E-state index contributed by atoms with van der Waals surface area (Å²) >= 11 is 0. The molecular weight excluding hydrogens is 209 g/mol. The van der Waals surface area contributed by atoms with Crippen LogP contribution in [0.25, 0.3) is 0 Å². The largest absolute Gasteiger partial charge is 0.389 e. The molecule has 0 saturated heterocycles. The molecule has 0 heterocycles. The van der Waals surface area contributed by atoms with Gasteiger partial charge in [-0.1, -0.05) is 6.07 Å². The topological polar surface area (TPSA) is 41.5 Å². The Hall–Kier alpha value is -1.13. The Labute approximate surface area is 95.2 Å². The van der Waals surface area contributed by atoms with Gasteiger partial charge < -0.3 is 15.2 Å². The highest BCUT2D eigenvalue weighted by molar-refractivity contribution is 5.50. The summed E-state index contributed by atoms with van der Waals surface area (Å²) in [5.41, 5.74) is 1.27. The predicted octanol–water partition coefficient (Wildman–Crippen LogP) is 1.94. The molecule has 4 heteroatoms. The van der Waals surface area contributed by atoms with Crippen molar-refractivity contribution in [3.05, 3.63) is 29.6 Å². The smallest absolute Gasteiger partial charge is 0.128 e. The molecule has 0 saturated carbocycles. The van der Waals surface area contributed by atoms with Gasteiger partial charge in [0.1, 0.15) is 5.82 Å². The van der Waals surface area contributed by atoms with Crippen LogP contribution in [0, 0.1) is 12.7 Å². The SMILES string of the molecule is CCOCC(O)CNc1cccc(F)c1C. The second-order valence-corrected chi connectivity index (χ2v) is 3.61. The highest BCUT2D eigenvalue weighted by Crippen LogP contribution is 2.17. The Morgan fingerprint density at radius 1 is 1.50 bits per heavy atom. The van der Waals surface area contributed by atoms with Gasteiger partial charge in [0.15, 0.2) is 0 Å². The second-order valence-electron chi connectivity index (χ2n) is 3.61. The summed E-state index contributed by atoms with van der Waals surface area (Å²) in [6.07, 6.45) is -0.581. The van der Waals surface area contributed by atoms with Gasteiger partial charge in [-0.2, -0.15) is 0 Å². The van der Waals surface area contributed by atoms with Crippen molar-refractivity contribution in [3.63, 3.8) is 0 Å². The molecule has 0 aromatic heterocycles. The molecule has 3 nitrogen and oxygen atoms in total. The van der Waals surface area contributed by atoms with Gasteiger partial charge in [0, 0.05) is 24.4 Å². The van der Waals surface area contributed by atoms with Crippen LogP contribution in [0.1, 0.15) is 12.5 Å². The van der Waals surface area contributed by atoms with Crippen LogP contribution >= 0.6 is 0 Å². The standard InChI is InChI=1S/C12H18FNO2/c1-3-16-8-10(15)7-14-12-6-4-5-11(13)9(12)2/h4-6,10,14-15H,3,7-8H2,1-2H3. The van der Waals surface area contributed by atoms with Crippen LogP contribution in [0.3, 0.4) is 0 Å². The predicted molar refractivity (Wildman–Crippen MR) is 62.1 cm³/mol. The van der Waals surface area contributed by atoms with Gasteiger partial charge >= 0.3 is 0 Å². The van der Waals surface area contributed by atoms with E-state index in [2.05, 4.69) is 5.32 Å². The zero-order valence-electron chi connectivity index (χ0n) is 9.66. The highest BCUT2D eigenvalue weighted by Gasteiger charge is 2.06. The highest BCUT2D eigenvalue weighted by atomic mass is 19.1. The molecule has 0 aliphatic heterocycles. The van der Waals surface area contributed by atoms with Crippen molar-refractivity contribution >= 4 is 5.69 Å². The van der Waals surface area contributed by atoms with E-state index in [-0.39, 0.29) is 12.4 Å². The summed E-state index contributed by atoms with van der Waals surface area (Å²) in [6, 6.07) is 4.84. The van der Waals surface area contributed by atoms with Gasteiger partial charge in [-0.15, -0.1) is 0 Å². The third-order valence-corrected chi connectivity index (χ3v) is 2.31. The van der Waals surface area contributed by atoms with E-state index >= 15 is 0 Å². The average Bonchev–Trinajstić information content (AvgIpc) is 2.28. The molecule has 0 radical (unpaired) electrons. The lowest BCUT2D eigenvalue weighted by Crippen LogP contribution is -2.25. The van der Waals surface area contributed by atoms with E-state index in [1.807, 2.05) is 6.92 Å². The van der Waals surface area contributed by atoms with Crippen molar-refractivity contribution in [2.75, 3.05) is 25.1 Å². The minimum atomic E-state index is -0.581. The Balaban J connectivity index is 2.45. The number of halogens is 1. The molecule has 16 heavy (non-hydrogen) atoms. The van der Waals surface area contributed by atoms with Crippen LogP contribution in [0.5, 0.6) is 0 Å². The molecule has 1 atom stereocenters. The zero-order valence-corrected chi connectivity index (χ0v) is 9.66. The van der Waals surface area contributed by atoms with Crippen molar-refractivity contribution in [1.82, 2.24) is 0 Å². The molecule has 1 rings (SSSR count). The first kappa shape index (κ1) is 12.9. The van der Waals surface area contributed by atoms with E-state index in [4.69, 9.17) is 4.74 Å². The van der Waals surface area contributed by atoms with Crippen molar-refractivity contribution in [2.45, 2.75) is 20.0 Å². The number of hydrogen-bond acceptors (Lipinski definition) is 3. The molecule has 90 valence electrons. The van der Waals surface area contributed by atoms with Crippen molar-refractivity contribution in [3.8, 4) is 0 Å². The quantitative estimate of drug-likeness (QED) is 0.780. The zero-order chi connectivity index (χ0) is 12.0. The van der Waals surface area contributed by atoms with E-state index in [0.29, 0.717) is 24.4 Å². The Morgan fingerprint density at radius 3 is 2.94 bits per heavy atom. The number of aliphatic hydroxyl groups is 1. The van der Waals surface area contributed by atoms with Gasteiger partial charge in [-0.3, -0.25) is 0 Å². The van der Waals surface area contributed by atoms with Crippen molar-refractivity contribution < 1.29 is 14.2 Å². The number of aliphatic hydroxyl groups excluding tert-OH is 1. The fourth-order valence-corrected chi connectivity index (χ4v) is 1.34. The van der Waals surface area contributed by atoms with Crippen LogP contribution < -0.4 is 5.32 Å². The Kier molecular flexibility index (Phi) is 5.22. The third kappa shape index (κ3) is 3.79. The van der Waals surface area contributed by atoms with Crippen LogP contribution in [0.2, 0.25) is 0 Å². The van der Waals surface area contributed by atoms with E-state index in [1.54, 1.807) is 19.1 Å². The lowest BCUT2D eigenvalue weighted by atomic mass is 10.2. The maximum atomic E-state index is 13.2. The van der Waals surface area contributed by atoms with Crippen LogP contribution in [0.15, 0.2) is 18.2 Å². The number of ether oxygens (including phenoxy) is 1. The molecule has 0 aliphatic rings. The molecule has 0 amide bonds. The summed E-state index contributed by atoms with van der Waals surface area (Å²) in [6.45, 7) is 4.79. The first-order valence-electron chi connectivity index (χ1n) is 5.40. The average molecular weight is 227 g/mol. The second kappa shape index (κ2) is 6.45. The minimum absolute atomic E-state index is 0.246. The first-order chi connectivity index (χ1) is 7.65. The number of hydrogen-bond donors (Lipinski definition) is 2. The van der Waals surface area contributed by atoms with Crippen LogP contribution in [-0.4, -0.2) is 31.0 Å².